The number of benzene rings is 2. The Bertz CT molecular complexity index is 1280. The van der Waals surface area contributed by atoms with Crippen LogP contribution >= 0.6 is 23.2 Å². The van der Waals surface area contributed by atoms with E-state index in [-0.39, 0.29) is 5.91 Å². The maximum Gasteiger partial charge on any atom is 0.255 e. The van der Waals surface area contributed by atoms with Gasteiger partial charge in [-0.15, -0.1) is 0 Å². The van der Waals surface area contributed by atoms with Crippen LogP contribution in [0.1, 0.15) is 47.1 Å². The third-order valence-corrected chi connectivity index (χ3v) is 5.88. The number of nitrogens with one attached hydrogen (secondary N) is 1. The van der Waals surface area contributed by atoms with Crippen LogP contribution in [0.25, 0.3) is 11.2 Å². The van der Waals surface area contributed by atoms with Crippen LogP contribution in [0.5, 0.6) is 0 Å². The standard InChI is InChI=1S/C25H24Cl2N4O/c1-3-4-11-22-30-23-16(2)21(29-25(32)18-8-6-10-20(27)13-18)14-28-24(23)31(22)15-17-7-5-9-19(26)12-17/h5-10,12-14H,3-4,11,15H2,1-2H3,(H,29,32). The van der Waals surface area contributed by atoms with E-state index in [9.17, 15) is 4.79 Å². The number of anilines is 1. The summed E-state index contributed by atoms with van der Waals surface area (Å²) >= 11 is 12.2. The Balaban J connectivity index is 1.71. The summed E-state index contributed by atoms with van der Waals surface area (Å²) in [7, 11) is 0. The summed E-state index contributed by atoms with van der Waals surface area (Å²) in [5.74, 6) is 0.747. The van der Waals surface area contributed by atoms with E-state index in [1.165, 1.54) is 0 Å². The Kier molecular flexibility index (Phi) is 6.77. The van der Waals surface area contributed by atoms with E-state index < -0.39 is 0 Å². The lowest BCUT2D eigenvalue weighted by Crippen LogP contribution is -2.13. The molecule has 2 aromatic carbocycles. The average Bonchev–Trinajstić information content (AvgIpc) is 3.12. The van der Waals surface area contributed by atoms with E-state index in [0.717, 1.165) is 47.4 Å². The Labute approximate surface area is 197 Å². The van der Waals surface area contributed by atoms with Crippen molar-refractivity contribution in [3.63, 3.8) is 0 Å². The van der Waals surface area contributed by atoms with Crippen LogP contribution in [-0.4, -0.2) is 20.4 Å². The lowest BCUT2D eigenvalue weighted by Gasteiger charge is -2.11. The van der Waals surface area contributed by atoms with Gasteiger partial charge in [0, 0.05) is 27.6 Å². The summed E-state index contributed by atoms with van der Waals surface area (Å²) < 4.78 is 2.15. The Hall–Kier alpha value is -2.89. The molecule has 1 amide bonds. The Morgan fingerprint density at radius 3 is 2.56 bits per heavy atom. The van der Waals surface area contributed by atoms with Crippen LogP contribution in [-0.2, 0) is 13.0 Å². The molecule has 2 aromatic heterocycles. The second-order valence-electron chi connectivity index (χ2n) is 7.78. The van der Waals surface area contributed by atoms with Gasteiger partial charge < -0.3 is 9.88 Å². The highest BCUT2D eigenvalue weighted by atomic mass is 35.5. The molecule has 1 N–H and O–H groups in total. The van der Waals surface area contributed by atoms with Gasteiger partial charge in [0.15, 0.2) is 5.65 Å². The number of carbonyl (C=O) groups excluding carboxylic acids is 1. The summed E-state index contributed by atoms with van der Waals surface area (Å²) in [5.41, 5.74) is 4.70. The van der Waals surface area contributed by atoms with Crippen molar-refractivity contribution in [1.29, 1.82) is 0 Å². The van der Waals surface area contributed by atoms with Gasteiger partial charge in [-0.3, -0.25) is 4.79 Å². The molecule has 0 aliphatic rings. The van der Waals surface area contributed by atoms with Gasteiger partial charge >= 0.3 is 0 Å². The van der Waals surface area contributed by atoms with E-state index >= 15 is 0 Å². The molecule has 4 aromatic rings. The lowest BCUT2D eigenvalue weighted by molar-refractivity contribution is 0.102. The van der Waals surface area contributed by atoms with Gasteiger partial charge in [-0.1, -0.05) is 54.7 Å². The van der Waals surface area contributed by atoms with Crippen LogP contribution < -0.4 is 5.32 Å². The van der Waals surface area contributed by atoms with Crippen LogP contribution in [0.15, 0.2) is 54.7 Å². The number of pyridine rings is 1. The van der Waals surface area contributed by atoms with Crippen LogP contribution in [0, 0.1) is 6.92 Å². The molecule has 0 aliphatic heterocycles. The number of carbonyl (C=O) groups is 1. The molecule has 7 heteroatoms. The molecule has 164 valence electrons. The molecule has 2 heterocycles. The molecular formula is C25H24Cl2N4O. The average molecular weight is 467 g/mol. The van der Waals surface area contributed by atoms with Crippen molar-refractivity contribution in [2.45, 2.75) is 39.7 Å². The minimum absolute atomic E-state index is 0.235. The number of nitrogens with zero attached hydrogens (tertiary/aromatic N) is 3. The normalized spacial score (nSPS) is 11.1. The van der Waals surface area contributed by atoms with E-state index in [1.54, 1.807) is 30.5 Å². The van der Waals surface area contributed by atoms with Crippen LogP contribution in [0.2, 0.25) is 10.0 Å². The van der Waals surface area contributed by atoms with E-state index in [1.807, 2.05) is 31.2 Å². The zero-order valence-corrected chi connectivity index (χ0v) is 19.5. The van der Waals surface area contributed by atoms with E-state index in [4.69, 9.17) is 28.2 Å². The Morgan fingerprint density at radius 1 is 1.09 bits per heavy atom. The van der Waals surface area contributed by atoms with Crippen molar-refractivity contribution in [3.05, 3.63) is 87.3 Å². The van der Waals surface area contributed by atoms with Crippen molar-refractivity contribution in [3.8, 4) is 0 Å². The minimum Gasteiger partial charge on any atom is -0.320 e. The first kappa shape index (κ1) is 22.3. The maximum absolute atomic E-state index is 12.7. The number of aryl methyl sites for hydroxylation is 2. The molecule has 0 fully saturated rings. The third-order valence-electron chi connectivity index (χ3n) is 5.41. The van der Waals surface area contributed by atoms with Crippen molar-refractivity contribution >= 4 is 46.0 Å². The van der Waals surface area contributed by atoms with Gasteiger partial charge in [0.2, 0.25) is 0 Å². The van der Waals surface area contributed by atoms with Crippen LogP contribution in [0.4, 0.5) is 5.69 Å². The molecule has 0 saturated carbocycles. The quantitative estimate of drug-likeness (QED) is 0.329. The van der Waals surface area contributed by atoms with Crippen LogP contribution in [0.3, 0.4) is 0 Å². The highest BCUT2D eigenvalue weighted by Crippen LogP contribution is 2.26. The molecule has 0 radical (unpaired) electrons. The number of unbranched alkanes of at least 4 members (excludes halogenated alkanes) is 1. The number of halogens is 2. The molecule has 0 atom stereocenters. The number of fused-ring (bicyclic) bond motifs is 1. The van der Waals surface area contributed by atoms with Gasteiger partial charge in [0.25, 0.3) is 5.91 Å². The first-order valence-electron chi connectivity index (χ1n) is 10.6. The molecule has 0 saturated heterocycles. The first-order valence-corrected chi connectivity index (χ1v) is 11.4. The summed E-state index contributed by atoms with van der Waals surface area (Å²) in [5, 5.41) is 4.17. The van der Waals surface area contributed by atoms with Gasteiger partial charge in [-0.25, -0.2) is 9.97 Å². The van der Waals surface area contributed by atoms with Crippen molar-refractivity contribution in [1.82, 2.24) is 14.5 Å². The molecule has 0 spiro atoms. The molecular weight excluding hydrogens is 443 g/mol. The molecule has 4 rings (SSSR count). The topological polar surface area (TPSA) is 59.8 Å². The number of hydrogen-bond donors (Lipinski definition) is 1. The smallest absolute Gasteiger partial charge is 0.255 e. The van der Waals surface area contributed by atoms with Gasteiger partial charge in [-0.05, 0) is 49.2 Å². The fourth-order valence-electron chi connectivity index (χ4n) is 3.68. The highest BCUT2D eigenvalue weighted by molar-refractivity contribution is 6.31. The monoisotopic (exact) mass is 466 g/mol. The SMILES string of the molecule is CCCCc1nc2c(C)c(NC(=O)c3cccc(Cl)c3)cnc2n1Cc1cccc(Cl)c1. The molecule has 5 nitrogen and oxygen atoms in total. The van der Waals surface area contributed by atoms with Crippen molar-refractivity contribution in [2.75, 3.05) is 5.32 Å². The zero-order chi connectivity index (χ0) is 22.7. The minimum atomic E-state index is -0.235. The molecule has 0 unspecified atom stereocenters. The van der Waals surface area contributed by atoms with E-state index in [2.05, 4.69) is 21.8 Å². The number of rotatable bonds is 7. The summed E-state index contributed by atoms with van der Waals surface area (Å²) in [6.07, 6.45) is 4.67. The number of amides is 1. The van der Waals surface area contributed by atoms with E-state index in [0.29, 0.717) is 27.8 Å². The number of imidazole rings is 1. The fourth-order valence-corrected chi connectivity index (χ4v) is 4.09. The molecule has 32 heavy (non-hydrogen) atoms. The second kappa shape index (κ2) is 9.72. The maximum atomic E-state index is 12.7. The second-order valence-corrected chi connectivity index (χ2v) is 8.65. The zero-order valence-electron chi connectivity index (χ0n) is 18.0. The lowest BCUT2D eigenvalue weighted by atomic mass is 10.2. The van der Waals surface area contributed by atoms with Crippen molar-refractivity contribution < 1.29 is 4.79 Å². The summed E-state index contributed by atoms with van der Waals surface area (Å²) in [4.78, 5) is 22.3. The van der Waals surface area contributed by atoms with Gasteiger partial charge in [0.1, 0.15) is 11.3 Å². The fraction of sp³-hybridized carbons (Fsp3) is 0.240. The summed E-state index contributed by atoms with van der Waals surface area (Å²) in [6, 6.07) is 14.7. The summed E-state index contributed by atoms with van der Waals surface area (Å²) in [6.45, 7) is 4.76. The first-order chi connectivity index (χ1) is 15.5. The molecule has 0 bridgehead atoms. The predicted octanol–water partition coefficient (Wildman–Crippen LogP) is 6.69. The predicted molar refractivity (Wildman–Crippen MR) is 131 cm³/mol. The van der Waals surface area contributed by atoms with Gasteiger partial charge in [0.05, 0.1) is 18.4 Å². The van der Waals surface area contributed by atoms with Gasteiger partial charge in [-0.2, -0.15) is 0 Å². The van der Waals surface area contributed by atoms with Crippen molar-refractivity contribution in [2.24, 2.45) is 0 Å². The molecule has 0 aliphatic carbocycles. The number of hydrogen-bond acceptors (Lipinski definition) is 3. The largest absolute Gasteiger partial charge is 0.320 e. The highest BCUT2D eigenvalue weighted by Gasteiger charge is 2.17. The Morgan fingerprint density at radius 2 is 1.84 bits per heavy atom. The number of aromatic nitrogens is 3. The third kappa shape index (κ3) is 4.79.